The molecule has 2 N–H and O–H groups in total. The van der Waals surface area contributed by atoms with Crippen LogP contribution < -0.4 is 5.73 Å². The zero-order chi connectivity index (χ0) is 14.8. The van der Waals surface area contributed by atoms with E-state index in [-0.39, 0.29) is 12.2 Å². The molecule has 0 bridgehead atoms. The quantitative estimate of drug-likeness (QED) is 0.850. The third-order valence-corrected chi connectivity index (χ3v) is 2.90. The summed E-state index contributed by atoms with van der Waals surface area (Å²) in [5.41, 5.74) is 5.98. The molecule has 0 aromatic carbocycles. The predicted octanol–water partition coefficient (Wildman–Crippen LogP) is 1.97. The van der Waals surface area contributed by atoms with E-state index >= 15 is 0 Å². The lowest BCUT2D eigenvalue weighted by Gasteiger charge is -2.34. The van der Waals surface area contributed by atoms with Gasteiger partial charge in [0.15, 0.2) is 0 Å². The van der Waals surface area contributed by atoms with Gasteiger partial charge in [-0.05, 0) is 26.8 Å². The van der Waals surface area contributed by atoms with Gasteiger partial charge in [0.2, 0.25) is 0 Å². The molecule has 0 unspecified atom stereocenters. The zero-order valence-corrected chi connectivity index (χ0v) is 12.1. The molecular formula is C14H21N3O3. The van der Waals surface area contributed by atoms with Crippen molar-refractivity contribution in [3.63, 3.8) is 0 Å². The molecule has 1 aliphatic rings. The molecule has 1 aliphatic heterocycles. The van der Waals surface area contributed by atoms with Gasteiger partial charge in [-0.15, -0.1) is 0 Å². The summed E-state index contributed by atoms with van der Waals surface area (Å²) < 4.78 is 11.1. The maximum atomic E-state index is 12.1. The summed E-state index contributed by atoms with van der Waals surface area (Å²) in [4.78, 5) is 17.8. The molecule has 1 fully saturated rings. The third-order valence-electron chi connectivity index (χ3n) is 2.90. The summed E-state index contributed by atoms with van der Waals surface area (Å²) >= 11 is 0. The van der Waals surface area contributed by atoms with Crippen molar-refractivity contribution in [1.82, 2.24) is 9.88 Å². The van der Waals surface area contributed by atoms with Gasteiger partial charge in [-0.1, -0.05) is 6.07 Å². The molecule has 20 heavy (non-hydrogen) atoms. The van der Waals surface area contributed by atoms with E-state index < -0.39 is 5.60 Å². The molecule has 1 saturated heterocycles. The Morgan fingerprint density at radius 3 is 2.85 bits per heavy atom. The van der Waals surface area contributed by atoms with Crippen LogP contribution in [0.25, 0.3) is 0 Å². The van der Waals surface area contributed by atoms with Gasteiger partial charge >= 0.3 is 6.09 Å². The SMILES string of the molecule is CC(C)(C)OC(=O)N1CCO[C@@H](c2ccc(N)nc2)C1. The summed E-state index contributed by atoms with van der Waals surface area (Å²) in [5.74, 6) is 0.466. The number of hydrogen-bond acceptors (Lipinski definition) is 5. The summed E-state index contributed by atoms with van der Waals surface area (Å²) in [5, 5.41) is 0. The molecule has 0 radical (unpaired) electrons. The van der Waals surface area contributed by atoms with Gasteiger partial charge in [0.1, 0.15) is 17.5 Å². The number of anilines is 1. The van der Waals surface area contributed by atoms with Crippen molar-refractivity contribution in [2.24, 2.45) is 0 Å². The van der Waals surface area contributed by atoms with Gasteiger partial charge < -0.3 is 20.1 Å². The van der Waals surface area contributed by atoms with Crippen molar-refractivity contribution in [2.75, 3.05) is 25.4 Å². The molecular weight excluding hydrogens is 258 g/mol. The molecule has 0 saturated carbocycles. The Balaban J connectivity index is 2.01. The maximum absolute atomic E-state index is 12.1. The monoisotopic (exact) mass is 279 g/mol. The molecule has 1 aromatic heterocycles. The van der Waals surface area contributed by atoms with Crippen molar-refractivity contribution in [2.45, 2.75) is 32.5 Å². The van der Waals surface area contributed by atoms with Crippen LogP contribution in [0.15, 0.2) is 18.3 Å². The predicted molar refractivity (Wildman–Crippen MR) is 75.1 cm³/mol. The van der Waals surface area contributed by atoms with Gasteiger partial charge in [-0.25, -0.2) is 9.78 Å². The molecule has 6 nitrogen and oxygen atoms in total. The van der Waals surface area contributed by atoms with Crippen molar-refractivity contribution >= 4 is 11.9 Å². The molecule has 0 spiro atoms. The first kappa shape index (κ1) is 14.6. The van der Waals surface area contributed by atoms with Crippen LogP contribution in [0.1, 0.15) is 32.4 Å². The molecule has 1 amide bonds. The fraction of sp³-hybridized carbons (Fsp3) is 0.571. The number of pyridine rings is 1. The summed E-state index contributed by atoms with van der Waals surface area (Å²) in [6.07, 6.45) is 1.18. The number of amides is 1. The van der Waals surface area contributed by atoms with E-state index in [1.165, 1.54) is 0 Å². The van der Waals surface area contributed by atoms with Crippen molar-refractivity contribution in [1.29, 1.82) is 0 Å². The highest BCUT2D eigenvalue weighted by Gasteiger charge is 2.28. The topological polar surface area (TPSA) is 77.7 Å². The van der Waals surface area contributed by atoms with Crippen LogP contribution in [-0.2, 0) is 9.47 Å². The molecule has 1 aromatic rings. The standard InChI is InChI=1S/C14H21N3O3/c1-14(2,3)20-13(18)17-6-7-19-11(9-17)10-4-5-12(15)16-8-10/h4-5,8,11H,6-7,9H2,1-3H3,(H2,15,16)/t11-/m1/s1. The average Bonchev–Trinajstić information content (AvgIpc) is 2.38. The summed E-state index contributed by atoms with van der Waals surface area (Å²) in [7, 11) is 0. The molecule has 110 valence electrons. The number of carbonyl (C=O) groups is 1. The number of nitrogen functional groups attached to an aromatic ring is 1. The fourth-order valence-corrected chi connectivity index (χ4v) is 1.95. The first-order valence-electron chi connectivity index (χ1n) is 6.66. The number of carbonyl (C=O) groups excluding carboxylic acids is 1. The van der Waals surface area contributed by atoms with E-state index in [0.29, 0.717) is 25.5 Å². The lowest BCUT2D eigenvalue weighted by Crippen LogP contribution is -2.44. The fourth-order valence-electron chi connectivity index (χ4n) is 1.95. The summed E-state index contributed by atoms with van der Waals surface area (Å²) in [6.45, 7) is 7.04. The zero-order valence-electron chi connectivity index (χ0n) is 12.1. The van der Waals surface area contributed by atoms with Crippen LogP contribution >= 0.6 is 0 Å². The highest BCUT2D eigenvalue weighted by molar-refractivity contribution is 5.68. The van der Waals surface area contributed by atoms with E-state index in [4.69, 9.17) is 15.2 Å². The lowest BCUT2D eigenvalue weighted by molar-refractivity contribution is -0.0433. The minimum absolute atomic E-state index is 0.190. The number of rotatable bonds is 1. The van der Waals surface area contributed by atoms with Crippen LogP contribution in [0.5, 0.6) is 0 Å². The van der Waals surface area contributed by atoms with E-state index in [1.807, 2.05) is 26.8 Å². The Morgan fingerprint density at radius 1 is 1.50 bits per heavy atom. The van der Waals surface area contributed by atoms with Crippen LogP contribution in [-0.4, -0.2) is 41.3 Å². The number of morpholine rings is 1. The number of nitrogens with zero attached hydrogens (tertiary/aromatic N) is 2. The van der Waals surface area contributed by atoms with Crippen LogP contribution in [0.2, 0.25) is 0 Å². The Labute approximate surface area is 118 Å². The second-order valence-electron chi connectivity index (χ2n) is 5.80. The van der Waals surface area contributed by atoms with Crippen LogP contribution in [0.4, 0.5) is 10.6 Å². The minimum Gasteiger partial charge on any atom is -0.444 e. The minimum atomic E-state index is -0.492. The van der Waals surface area contributed by atoms with Gasteiger partial charge in [0.05, 0.1) is 13.2 Å². The molecule has 2 heterocycles. The van der Waals surface area contributed by atoms with Gasteiger partial charge in [0, 0.05) is 18.3 Å². The second kappa shape index (κ2) is 5.66. The molecule has 6 heteroatoms. The van der Waals surface area contributed by atoms with E-state index in [1.54, 1.807) is 17.2 Å². The first-order valence-corrected chi connectivity index (χ1v) is 6.66. The third kappa shape index (κ3) is 3.84. The normalized spacial score (nSPS) is 19.8. The Kier molecular flexibility index (Phi) is 4.13. The number of aromatic nitrogens is 1. The largest absolute Gasteiger partial charge is 0.444 e. The maximum Gasteiger partial charge on any atom is 0.410 e. The highest BCUT2D eigenvalue weighted by atomic mass is 16.6. The smallest absolute Gasteiger partial charge is 0.410 e. The second-order valence-corrected chi connectivity index (χ2v) is 5.80. The number of hydrogen-bond donors (Lipinski definition) is 1. The Bertz CT molecular complexity index is 468. The van der Waals surface area contributed by atoms with Crippen molar-refractivity contribution < 1.29 is 14.3 Å². The van der Waals surface area contributed by atoms with E-state index in [0.717, 1.165) is 5.56 Å². The summed E-state index contributed by atoms with van der Waals surface area (Å²) in [6, 6.07) is 3.59. The van der Waals surface area contributed by atoms with Gasteiger partial charge in [0.25, 0.3) is 0 Å². The number of ether oxygens (including phenoxy) is 2. The highest BCUT2D eigenvalue weighted by Crippen LogP contribution is 2.23. The lowest BCUT2D eigenvalue weighted by atomic mass is 10.1. The van der Waals surface area contributed by atoms with E-state index in [2.05, 4.69) is 4.98 Å². The van der Waals surface area contributed by atoms with Crippen LogP contribution in [0, 0.1) is 0 Å². The molecule has 0 aliphatic carbocycles. The molecule has 2 rings (SSSR count). The number of nitrogens with two attached hydrogens (primary N) is 1. The Morgan fingerprint density at radius 2 is 2.25 bits per heavy atom. The van der Waals surface area contributed by atoms with Gasteiger partial charge in [-0.2, -0.15) is 0 Å². The Hall–Kier alpha value is -1.82. The van der Waals surface area contributed by atoms with Crippen molar-refractivity contribution in [3.8, 4) is 0 Å². The van der Waals surface area contributed by atoms with Crippen molar-refractivity contribution in [3.05, 3.63) is 23.9 Å². The van der Waals surface area contributed by atoms with Crippen LogP contribution in [0.3, 0.4) is 0 Å². The average molecular weight is 279 g/mol. The van der Waals surface area contributed by atoms with Gasteiger partial charge in [-0.3, -0.25) is 0 Å². The van der Waals surface area contributed by atoms with E-state index in [9.17, 15) is 4.79 Å². The first-order chi connectivity index (χ1) is 9.35. The molecule has 1 atom stereocenters.